The van der Waals surface area contributed by atoms with Crippen molar-refractivity contribution in [2.75, 3.05) is 0 Å². The van der Waals surface area contributed by atoms with Gasteiger partial charge >= 0.3 is 5.97 Å². The van der Waals surface area contributed by atoms with Crippen LogP contribution in [0.15, 0.2) is 29.2 Å². The van der Waals surface area contributed by atoms with Crippen LogP contribution in [0.4, 0.5) is 0 Å². The number of aromatic hydroxyl groups is 2. The molecule has 0 bridgehead atoms. The minimum atomic E-state index is -4.50. The van der Waals surface area contributed by atoms with Crippen LogP contribution in [0.25, 0.3) is 10.8 Å². The van der Waals surface area contributed by atoms with E-state index < -0.39 is 38.0 Å². The van der Waals surface area contributed by atoms with Crippen LogP contribution in [-0.4, -0.2) is 34.3 Å². The van der Waals surface area contributed by atoms with Crippen molar-refractivity contribution >= 4 is 26.9 Å². The van der Waals surface area contributed by atoms with Crippen molar-refractivity contribution in [3.8, 4) is 11.5 Å². The quantitative estimate of drug-likeness (QED) is 0.481. The number of fused-ring (bicyclic) bond motifs is 1. The lowest BCUT2D eigenvalue weighted by molar-refractivity contribution is 0.0695. The van der Waals surface area contributed by atoms with Crippen LogP contribution >= 0.6 is 0 Å². The number of rotatable bonds is 2. The fraction of sp³-hybridized carbons (Fsp3) is 0. The van der Waals surface area contributed by atoms with Gasteiger partial charge in [0.1, 0.15) is 5.56 Å². The molecule has 2 aromatic carbocycles. The molecule has 19 heavy (non-hydrogen) atoms. The summed E-state index contributed by atoms with van der Waals surface area (Å²) >= 11 is 0. The molecule has 0 aliphatic carbocycles. The van der Waals surface area contributed by atoms with Gasteiger partial charge in [-0.1, -0.05) is 6.07 Å². The average molecular weight is 284 g/mol. The predicted molar refractivity (Wildman–Crippen MR) is 64.1 cm³/mol. The lowest BCUT2D eigenvalue weighted by atomic mass is 10.0. The molecule has 2 aromatic rings. The maximum absolute atomic E-state index is 11.1. The summed E-state index contributed by atoms with van der Waals surface area (Å²) in [4.78, 5) is 10.6. The maximum Gasteiger partial charge on any atom is 0.340 e. The van der Waals surface area contributed by atoms with Gasteiger partial charge in [0.2, 0.25) is 0 Å². The first-order valence-electron chi connectivity index (χ1n) is 4.91. The van der Waals surface area contributed by atoms with Crippen molar-refractivity contribution < 1.29 is 33.1 Å². The zero-order chi connectivity index (χ0) is 14.4. The van der Waals surface area contributed by atoms with Crippen molar-refractivity contribution in [2.45, 2.75) is 4.90 Å². The van der Waals surface area contributed by atoms with Gasteiger partial charge in [-0.3, -0.25) is 4.55 Å². The first-order chi connectivity index (χ1) is 8.71. The molecular weight excluding hydrogens is 276 g/mol. The van der Waals surface area contributed by atoms with Gasteiger partial charge in [-0.05, 0) is 23.6 Å². The number of phenols is 2. The lowest BCUT2D eigenvalue weighted by Crippen LogP contribution is -2.01. The van der Waals surface area contributed by atoms with Crippen LogP contribution in [0.2, 0.25) is 0 Å². The molecule has 0 aromatic heterocycles. The number of hydrogen-bond acceptors (Lipinski definition) is 5. The highest BCUT2D eigenvalue weighted by atomic mass is 32.2. The SMILES string of the molecule is O=C(O)c1c(O)c(O)cc2ccc(S(=O)(=O)O)cc12. The largest absolute Gasteiger partial charge is 0.504 e. The molecule has 0 amide bonds. The fourth-order valence-electron chi connectivity index (χ4n) is 1.73. The molecule has 0 saturated heterocycles. The molecular formula is C11H8O7S. The lowest BCUT2D eigenvalue weighted by Gasteiger charge is -2.08. The molecule has 7 nitrogen and oxygen atoms in total. The van der Waals surface area contributed by atoms with Gasteiger partial charge in [0.15, 0.2) is 11.5 Å². The maximum atomic E-state index is 11.1. The van der Waals surface area contributed by atoms with Gasteiger partial charge in [0.25, 0.3) is 10.1 Å². The number of phenolic OH excluding ortho intramolecular Hbond substituents is 1. The second-order valence-electron chi connectivity index (χ2n) is 3.78. The summed E-state index contributed by atoms with van der Waals surface area (Å²) in [6.45, 7) is 0. The standard InChI is InChI=1S/C11H8O7S/c12-8-3-5-1-2-6(19(16,17)18)4-7(5)9(10(8)13)11(14)15/h1-4,12-13H,(H,14,15)(H,16,17,18). The number of carbonyl (C=O) groups is 1. The highest BCUT2D eigenvalue weighted by Crippen LogP contribution is 2.36. The molecule has 8 heteroatoms. The Labute approximate surface area is 107 Å². The molecule has 0 saturated carbocycles. The first kappa shape index (κ1) is 13.1. The van der Waals surface area contributed by atoms with Crippen LogP contribution < -0.4 is 0 Å². The van der Waals surface area contributed by atoms with E-state index in [2.05, 4.69) is 0 Å². The average Bonchev–Trinajstić information content (AvgIpc) is 2.28. The van der Waals surface area contributed by atoms with Crippen molar-refractivity contribution in [3.05, 3.63) is 29.8 Å². The molecule has 0 heterocycles. The molecule has 0 aliphatic heterocycles. The normalized spacial score (nSPS) is 11.6. The second-order valence-corrected chi connectivity index (χ2v) is 5.20. The van der Waals surface area contributed by atoms with E-state index in [0.29, 0.717) is 0 Å². The van der Waals surface area contributed by atoms with Gasteiger partial charge in [-0.15, -0.1) is 0 Å². The smallest absolute Gasteiger partial charge is 0.340 e. The van der Waals surface area contributed by atoms with E-state index >= 15 is 0 Å². The van der Waals surface area contributed by atoms with Crippen LogP contribution in [0.3, 0.4) is 0 Å². The van der Waals surface area contributed by atoms with Crippen LogP contribution in [0, 0.1) is 0 Å². The van der Waals surface area contributed by atoms with E-state index in [1.165, 1.54) is 6.07 Å². The summed E-state index contributed by atoms with van der Waals surface area (Å²) in [5.74, 6) is -3.04. The molecule has 0 unspecified atom stereocenters. The van der Waals surface area contributed by atoms with Gasteiger partial charge < -0.3 is 15.3 Å². The highest BCUT2D eigenvalue weighted by molar-refractivity contribution is 7.85. The zero-order valence-electron chi connectivity index (χ0n) is 9.23. The van der Waals surface area contributed by atoms with Gasteiger partial charge in [0, 0.05) is 5.39 Å². The Kier molecular flexibility index (Phi) is 2.84. The Morgan fingerprint density at radius 3 is 2.26 bits per heavy atom. The zero-order valence-corrected chi connectivity index (χ0v) is 10.0. The predicted octanol–water partition coefficient (Wildman–Crippen LogP) is 1.20. The monoisotopic (exact) mass is 284 g/mol. The summed E-state index contributed by atoms with van der Waals surface area (Å²) in [6.07, 6.45) is 0. The number of aromatic carboxylic acids is 1. The van der Waals surface area contributed by atoms with E-state index in [9.17, 15) is 23.4 Å². The summed E-state index contributed by atoms with van der Waals surface area (Å²) in [5.41, 5.74) is -0.638. The molecule has 2 rings (SSSR count). The van der Waals surface area contributed by atoms with E-state index in [0.717, 1.165) is 18.2 Å². The molecule has 0 fully saturated rings. The third-order valence-electron chi connectivity index (χ3n) is 2.58. The van der Waals surface area contributed by atoms with E-state index in [1.807, 2.05) is 0 Å². The Balaban J connectivity index is 2.95. The topological polar surface area (TPSA) is 132 Å². The minimum Gasteiger partial charge on any atom is -0.504 e. The number of carboxylic acids is 1. The van der Waals surface area contributed by atoms with Crippen molar-refractivity contribution in [3.63, 3.8) is 0 Å². The third-order valence-corrected chi connectivity index (χ3v) is 3.43. The minimum absolute atomic E-state index is 0.113. The number of carboxylic acid groups (broad SMARTS) is 1. The van der Waals surface area contributed by atoms with Crippen molar-refractivity contribution in [1.29, 1.82) is 0 Å². The molecule has 0 aliphatic rings. The fourth-order valence-corrected chi connectivity index (χ4v) is 2.23. The van der Waals surface area contributed by atoms with Gasteiger partial charge in [-0.2, -0.15) is 8.42 Å². The molecule has 100 valence electrons. The Bertz CT molecular complexity index is 792. The van der Waals surface area contributed by atoms with E-state index in [4.69, 9.17) is 9.66 Å². The van der Waals surface area contributed by atoms with Gasteiger partial charge in [0.05, 0.1) is 4.90 Å². The summed E-state index contributed by atoms with van der Waals surface area (Å²) in [7, 11) is -4.50. The van der Waals surface area contributed by atoms with Crippen molar-refractivity contribution in [2.24, 2.45) is 0 Å². The van der Waals surface area contributed by atoms with Crippen LogP contribution in [0.5, 0.6) is 11.5 Å². The van der Waals surface area contributed by atoms with Gasteiger partial charge in [-0.25, -0.2) is 4.79 Å². The molecule has 0 radical (unpaired) electrons. The number of benzene rings is 2. The molecule has 0 atom stereocenters. The first-order valence-corrected chi connectivity index (χ1v) is 6.35. The summed E-state index contributed by atoms with van der Waals surface area (Å²) in [6, 6.07) is 4.27. The third kappa shape index (κ3) is 2.18. The van der Waals surface area contributed by atoms with E-state index in [-0.39, 0.29) is 10.8 Å². The molecule has 4 N–H and O–H groups in total. The Hall–Kier alpha value is -2.32. The summed E-state index contributed by atoms with van der Waals surface area (Å²) in [5, 5.41) is 28.0. The Morgan fingerprint density at radius 1 is 1.11 bits per heavy atom. The van der Waals surface area contributed by atoms with Crippen molar-refractivity contribution in [1.82, 2.24) is 0 Å². The summed E-state index contributed by atoms with van der Waals surface area (Å²) < 4.78 is 30.9. The second kappa shape index (κ2) is 4.11. The van der Waals surface area contributed by atoms with E-state index in [1.54, 1.807) is 0 Å². The highest BCUT2D eigenvalue weighted by Gasteiger charge is 2.20. The Morgan fingerprint density at radius 2 is 1.74 bits per heavy atom. The van der Waals surface area contributed by atoms with Crippen LogP contribution in [0.1, 0.15) is 10.4 Å². The molecule has 0 spiro atoms. The van der Waals surface area contributed by atoms with Crippen LogP contribution in [-0.2, 0) is 10.1 Å². The number of hydrogen-bond donors (Lipinski definition) is 4.